The molecular formula is C25H21F2N7O4S2. The van der Waals surface area contributed by atoms with Crippen LogP contribution in [0.2, 0.25) is 0 Å². The molecule has 206 valence electrons. The van der Waals surface area contributed by atoms with E-state index in [9.17, 15) is 17.2 Å². The summed E-state index contributed by atoms with van der Waals surface area (Å²) in [5, 5.41) is 5.10. The van der Waals surface area contributed by atoms with Gasteiger partial charge < -0.3 is 14.4 Å². The van der Waals surface area contributed by atoms with Crippen molar-refractivity contribution in [2.75, 3.05) is 43.0 Å². The van der Waals surface area contributed by atoms with Crippen LogP contribution in [0.1, 0.15) is 0 Å². The Hall–Kier alpha value is -4.21. The normalized spacial score (nSPS) is 14.0. The number of rotatable bonds is 7. The summed E-state index contributed by atoms with van der Waals surface area (Å²) in [4.78, 5) is 15.4. The number of hydrogen-bond donors (Lipinski definition) is 1. The number of nitrogens with zero attached hydrogens (tertiary/aromatic N) is 6. The first-order valence-corrected chi connectivity index (χ1v) is 14.3. The predicted octanol–water partition coefficient (Wildman–Crippen LogP) is 3.84. The molecule has 40 heavy (non-hydrogen) atoms. The van der Waals surface area contributed by atoms with Crippen LogP contribution in [0.25, 0.3) is 26.8 Å². The van der Waals surface area contributed by atoms with Gasteiger partial charge in [-0.05, 0) is 30.3 Å². The fourth-order valence-corrected chi connectivity index (χ4v) is 6.17. The average molecular weight is 586 g/mol. The van der Waals surface area contributed by atoms with E-state index in [0.29, 0.717) is 34.8 Å². The number of benzene rings is 1. The van der Waals surface area contributed by atoms with Gasteiger partial charge in [-0.1, -0.05) is 11.3 Å². The van der Waals surface area contributed by atoms with Crippen molar-refractivity contribution in [3.05, 3.63) is 66.6 Å². The maximum atomic E-state index is 14.2. The molecule has 0 bridgehead atoms. The first-order valence-electron chi connectivity index (χ1n) is 12.0. The topological polar surface area (TPSA) is 124 Å². The largest absolute Gasteiger partial charge is 0.480 e. The van der Waals surface area contributed by atoms with Crippen molar-refractivity contribution in [1.29, 1.82) is 0 Å². The second-order valence-corrected chi connectivity index (χ2v) is 11.3. The lowest BCUT2D eigenvalue weighted by Crippen LogP contribution is -2.36. The summed E-state index contributed by atoms with van der Waals surface area (Å²) in [6.07, 6.45) is 5.02. The summed E-state index contributed by atoms with van der Waals surface area (Å²) in [5.74, 6) is -1.30. The molecule has 1 fully saturated rings. The van der Waals surface area contributed by atoms with Crippen LogP contribution in [-0.2, 0) is 14.8 Å². The molecule has 0 spiro atoms. The van der Waals surface area contributed by atoms with E-state index in [1.807, 2.05) is 12.1 Å². The van der Waals surface area contributed by atoms with Crippen LogP contribution in [-0.4, -0.2) is 66.4 Å². The Balaban J connectivity index is 1.28. The summed E-state index contributed by atoms with van der Waals surface area (Å²) in [7, 11) is -3.10. The molecule has 0 unspecified atom stereocenters. The summed E-state index contributed by atoms with van der Waals surface area (Å²) < 4.78 is 67.7. The average Bonchev–Trinajstić information content (AvgIpc) is 3.53. The summed E-state index contributed by atoms with van der Waals surface area (Å²) >= 11 is 1.28. The van der Waals surface area contributed by atoms with Gasteiger partial charge in [-0.25, -0.2) is 36.7 Å². The molecule has 0 saturated carbocycles. The van der Waals surface area contributed by atoms with Gasteiger partial charge in [0.15, 0.2) is 0 Å². The summed E-state index contributed by atoms with van der Waals surface area (Å²) in [5.41, 5.74) is 2.06. The van der Waals surface area contributed by atoms with Gasteiger partial charge in [0.2, 0.25) is 10.8 Å². The lowest BCUT2D eigenvalue weighted by atomic mass is 10.2. The maximum Gasteiger partial charge on any atom is 0.264 e. The Labute approximate surface area is 231 Å². The lowest BCUT2D eigenvalue weighted by molar-refractivity contribution is 0.122. The number of nitrogens with one attached hydrogen (secondary N) is 1. The molecular weight excluding hydrogens is 564 g/mol. The lowest BCUT2D eigenvalue weighted by Gasteiger charge is -2.27. The van der Waals surface area contributed by atoms with E-state index in [1.54, 1.807) is 16.9 Å². The number of sulfonamides is 1. The molecule has 0 amide bonds. The number of imidazole rings is 1. The molecule has 5 aromatic rings. The van der Waals surface area contributed by atoms with Crippen LogP contribution >= 0.6 is 11.3 Å². The number of morpholine rings is 1. The van der Waals surface area contributed by atoms with Gasteiger partial charge in [0.05, 0.1) is 32.2 Å². The second-order valence-electron chi connectivity index (χ2n) is 8.72. The molecule has 5 heterocycles. The van der Waals surface area contributed by atoms with Crippen molar-refractivity contribution in [1.82, 2.24) is 24.6 Å². The minimum absolute atomic E-state index is 0.0350. The summed E-state index contributed by atoms with van der Waals surface area (Å²) in [6, 6.07) is 7.54. The molecule has 1 saturated heterocycles. The van der Waals surface area contributed by atoms with Gasteiger partial charge in [-0.3, -0.25) is 4.72 Å². The van der Waals surface area contributed by atoms with Gasteiger partial charge in [0.25, 0.3) is 10.0 Å². The monoisotopic (exact) mass is 585 g/mol. The Kier molecular flexibility index (Phi) is 6.77. The zero-order chi connectivity index (χ0) is 27.9. The molecule has 0 radical (unpaired) electrons. The van der Waals surface area contributed by atoms with Crippen molar-refractivity contribution in [2.45, 2.75) is 4.90 Å². The third kappa shape index (κ3) is 5.05. The number of hydrogen-bond acceptors (Lipinski definition) is 10. The zero-order valence-electron chi connectivity index (χ0n) is 20.9. The smallest absolute Gasteiger partial charge is 0.264 e. The molecule has 1 N–H and O–H groups in total. The van der Waals surface area contributed by atoms with E-state index in [4.69, 9.17) is 14.5 Å². The number of fused-ring (bicyclic) bond motifs is 1. The van der Waals surface area contributed by atoms with E-state index in [-0.39, 0.29) is 11.6 Å². The molecule has 1 aliphatic heterocycles. The van der Waals surface area contributed by atoms with Crippen molar-refractivity contribution >= 4 is 37.8 Å². The molecule has 1 aromatic carbocycles. The van der Waals surface area contributed by atoms with Crippen LogP contribution in [0.3, 0.4) is 0 Å². The molecule has 0 atom stereocenters. The molecule has 15 heteroatoms. The number of aromatic nitrogens is 5. The molecule has 1 aliphatic rings. The third-order valence-corrected chi connectivity index (χ3v) is 8.51. The second kappa shape index (κ2) is 10.4. The third-order valence-electron chi connectivity index (χ3n) is 6.14. The van der Waals surface area contributed by atoms with Gasteiger partial charge in [0.1, 0.15) is 33.0 Å². The van der Waals surface area contributed by atoms with Gasteiger partial charge >= 0.3 is 0 Å². The van der Waals surface area contributed by atoms with Gasteiger partial charge in [-0.15, -0.1) is 0 Å². The van der Waals surface area contributed by atoms with Crippen molar-refractivity contribution < 1.29 is 26.7 Å². The first-order chi connectivity index (χ1) is 19.3. The molecule has 4 aromatic heterocycles. The standard InChI is InChI=1S/C25H21F2N7O4S2/c1-37-23-19(32-40(35,36)21-3-2-17(26)12-18(21)27)10-16(13-29-23)24-31-34-14-20(30-25(34)39-24)15-4-5-28-22(11-15)33-6-8-38-9-7-33/h2-5,10-14,32H,6-9H2,1H3. The van der Waals surface area contributed by atoms with Gasteiger partial charge in [0, 0.05) is 42.7 Å². The van der Waals surface area contributed by atoms with E-state index in [1.165, 1.54) is 30.7 Å². The van der Waals surface area contributed by atoms with Crippen LogP contribution < -0.4 is 14.4 Å². The molecule has 11 nitrogen and oxygen atoms in total. The minimum Gasteiger partial charge on any atom is -0.480 e. The van der Waals surface area contributed by atoms with Crippen LogP contribution in [0.4, 0.5) is 20.3 Å². The van der Waals surface area contributed by atoms with Crippen LogP contribution in [0.15, 0.2) is 59.9 Å². The zero-order valence-corrected chi connectivity index (χ0v) is 22.5. The Morgan fingerprint density at radius 3 is 2.65 bits per heavy atom. The highest BCUT2D eigenvalue weighted by Gasteiger charge is 2.23. The highest BCUT2D eigenvalue weighted by atomic mass is 32.2. The highest BCUT2D eigenvalue weighted by Crippen LogP contribution is 2.33. The van der Waals surface area contributed by atoms with E-state index in [2.05, 4.69) is 24.7 Å². The van der Waals surface area contributed by atoms with Crippen molar-refractivity contribution in [2.24, 2.45) is 0 Å². The number of ether oxygens (including phenoxy) is 2. The number of anilines is 2. The predicted molar refractivity (Wildman–Crippen MR) is 144 cm³/mol. The van der Waals surface area contributed by atoms with Crippen LogP contribution in [0, 0.1) is 11.6 Å². The highest BCUT2D eigenvalue weighted by molar-refractivity contribution is 7.92. The maximum absolute atomic E-state index is 14.2. The van der Waals surface area contributed by atoms with Crippen molar-refractivity contribution in [3.63, 3.8) is 0 Å². The Bertz CT molecular complexity index is 1790. The van der Waals surface area contributed by atoms with E-state index < -0.39 is 26.6 Å². The summed E-state index contributed by atoms with van der Waals surface area (Å²) in [6.45, 7) is 2.86. The molecule has 0 aliphatic carbocycles. The minimum atomic E-state index is -4.42. The fourth-order valence-electron chi connectivity index (χ4n) is 4.20. The Morgan fingerprint density at radius 1 is 1.07 bits per heavy atom. The number of halogens is 2. The quantitative estimate of drug-likeness (QED) is 0.303. The Morgan fingerprint density at radius 2 is 1.90 bits per heavy atom. The van der Waals surface area contributed by atoms with Crippen LogP contribution in [0.5, 0.6) is 5.88 Å². The number of methoxy groups -OCH3 is 1. The van der Waals surface area contributed by atoms with E-state index >= 15 is 0 Å². The van der Waals surface area contributed by atoms with E-state index in [0.717, 1.165) is 42.3 Å². The van der Waals surface area contributed by atoms with Crippen molar-refractivity contribution in [3.8, 4) is 27.7 Å². The molecule has 6 rings (SSSR count). The van der Waals surface area contributed by atoms with Gasteiger partial charge in [-0.2, -0.15) is 5.10 Å². The first kappa shape index (κ1) is 26.0. The number of pyridine rings is 2. The SMILES string of the molecule is COc1ncc(-c2nn3cc(-c4ccnc(N5CCOCC5)c4)nc3s2)cc1NS(=O)(=O)c1ccc(F)cc1F. The fraction of sp³-hybridized carbons (Fsp3) is 0.200.